The molecular formula is C28H38BrN3O6. The maximum Gasteiger partial charge on any atom is 0.246 e. The summed E-state index contributed by atoms with van der Waals surface area (Å²) in [6.45, 7) is 4.08. The van der Waals surface area contributed by atoms with Crippen LogP contribution in [0.4, 0.5) is 5.69 Å². The largest absolute Gasteiger partial charge is 0.494 e. The fourth-order valence-electron chi connectivity index (χ4n) is 7.03. The van der Waals surface area contributed by atoms with E-state index < -0.39 is 35.6 Å². The fourth-order valence-corrected chi connectivity index (χ4v) is 7.97. The van der Waals surface area contributed by atoms with Crippen LogP contribution in [-0.2, 0) is 19.1 Å². The number of nitrogens with one attached hydrogen (secondary N) is 2. The molecule has 3 amide bonds. The Bertz CT molecular complexity index is 1040. The van der Waals surface area contributed by atoms with Crippen molar-refractivity contribution < 1.29 is 29.0 Å². The Labute approximate surface area is 232 Å². The third kappa shape index (κ3) is 4.62. The lowest BCUT2D eigenvalue weighted by Crippen LogP contribution is -2.59. The van der Waals surface area contributed by atoms with Crippen molar-refractivity contribution in [1.82, 2.24) is 10.2 Å². The number of alkyl halides is 1. The van der Waals surface area contributed by atoms with E-state index in [4.69, 9.17) is 9.47 Å². The highest BCUT2D eigenvalue weighted by Gasteiger charge is 2.77. The van der Waals surface area contributed by atoms with Crippen LogP contribution in [0, 0.1) is 11.8 Å². The number of hydrogen-bond donors (Lipinski definition) is 3. The van der Waals surface area contributed by atoms with E-state index in [1.807, 2.05) is 13.8 Å². The SMILES string of the molecule is CCOc1ccc(NC(=O)[C@H]2[C@H]3C(=O)N([C@@H](CC)CO)C(C(=O)NC4CCCCC4)C34CC(Br)[C@@H]2O4)cc1. The van der Waals surface area contributed by atoms with E-state index in [-0.39, 0.29) is 35.2 Å². The highest BCUT2D eigenvalue weighted by Crippen LogP contribution is 2.60. The minimum Gasteiger partial charge on any atom is -0.494 e. The van der Waals surface area contributed by atoms with Gasteiger partial charge in [0.25, 0.3) is 0 Å². The van der Waals surface area contributed by atoms with E-state index >= 15 is 0 Å². The Morgan fingerprint density at radius 1 is 1.18 bits per heavy atom. The van der Waals surface area contributed by atoms with Gasteiger partial charge in [0, 0.05) is 16.6 Å². The smallest absolute Gasteiger partial charge is 0.246 e. The van der Waals surface area contributed by atoms with Crippen molar-refractivity contribution in [3.8, 4) is 5.75 Å². The van der Waals surface area contributed by atoms with Gasteiger partial charge in [0.05, 0.1) is 37.2 Å². The number of hydrogen-bond acceptors (Lipinski definition) is 6. The number of anilines is 1. The Kier molecular flexibility index (Phi) is 8.03. The van der Waals surface area contributed by atoms with Crippen LogP contribution in [-0.4, -0.2) is 75.6 Å². The number of likely N-dealkylation sites (tertiary alicyclic amines) is 1. The van der Waals surface area contributed by atoms with Crippen LogP contribution >= 0.6 is 15.9 Å². The van der Waals surface area contributed by atoms with Gasteiger partial charge in [-0.1, -0.05) is 42.1 Å². The fraction of sp³-hybridized carbons (Fsp3) is 0.679. The Balaban J connectivity index is 1.44. The second-order valence-electron chi connectivity index (χ2n) is 10.9. The molecule has 1 aromatic carbocycles. The molecule has 4 fully saturated rings. The predicted octanol–water partition coefficient (Wildman–Crippen LogP) is 2.99. The molecule has 0 aromatic heterocycles. The molecule has 5 rings (SSSR count). The first-order valence-corrected chi connectivity index (χ1v) is 14.8. The third-order valence-corrected chi connectivity index (χ3v) is 9.58. The molecule has 1 aliphatic carbocycles. The molecule has 1 saturated carbocycles. The maximum absolute atomic E-state index is 14.1. The lowest BCUT2D eigenvalue weighted by atomic mass is 9.70. The number of rotatable bonds is 9. The molecule has 4 aliphatic rings. The van der Waals surface area contributed by atoms with Crippen LogP contribution in [0.2, 0.25) is 0 Å². The first-order valence-electron chi connectivity index (χ1n) is 13.9. The van der Waals surface area contributed by atoms with Crippen molar-refractivity contribution in [3.05, 3.63) is 24.3 Å². The molecule has 3 N–H and O–H groups in total. The van der Waals surface area contributed by atoms with Gasteiger partial charge in [-0.2, -0.15) is 0 Å². The zero-order chi connectivity index (χ0) is 27.0. The van der Waals surface area contributed by atoms with E-state index in [1.165, 1.54) is 4.90 Å². The van der Waals surface area contributed by atoms with E-state index in [2.05, 4.69) is 26.6 Å². The topological polar surface area (TPSA) is 117 Å². The molecule has 1 aromatic rings. The minimum absolute atomic E-state index is 0.0648. The number of nitrogens with zero attached hydrogens (tertiary/aromatic N) is 1. The quantitative estimate of drug-likeness (QED) is 0.380. The Hall–Kier alpha value is -2.17. The summed E-state index contributed by atoms with van der Waals surface area (Å²) in [6.07, 6.45) is 5.52. The average Bonchev–Trinajstić information content (AvgIpc) is 3.50. The molecule has 38 heavy (non-hydrogen) atoms. The number of halogens is 1. The summed E-state index contributed by atoms with van der Waals surface area (Å²) in [7, 11) is 0. The molecule has 0 radical (unpaired) electrons. The summed E-state index contributed by atoms with van der Waals surface area (Å²) in [6, 6.07) is 5.73. The average molecular weight is 593 g/mol. The van der Waals surface area contributed by atoms with Gasteiger partial charge in [0.15, 0.2) is 0 Å². The number of amides is 3. The van der Waals surface area contributed by atoms with Gasteiger partial charge < -0.3 is 30.1 Å². The zero-order valence-corrected chi connectivity index (χ0v) is 23.6. The number of aliphatic hydroxyl groups excluding tert-OH is 1. The molecule has 1 spiro atoms. The molecule has 208 valence electrons. The van der Waals surface area contributed by atoms with Gasteiger partial charge in [-0.3, -0.25) is 14.4 Å². The summed E-state index contributed by atoms with van der Waals surface area (Å²) in [5.74, 6) is -1.70. The monoisotopic (exact) mass is 591 g/mol. The first-order chi connectivity index (χ1) is 18.3. The summed E-state index contributed by atoms with van der Waals surface area (Å²) in [4.78, 5) is 43.0. The van der Waals surface area contributed by atoms with E-state index in [0.717, 1.165) is 32.1 Å². The van der Waals surface area contributed by atoms with Crippen LogP contribution in [0.1, 0.15) is 58.8 Å². The molecule has 3 saturated heterocycles. The number of benzene rings is 1. The minimum atomic E-state index is -1.13. The number of aliphatic hydroxyl groups is 1. The Morgan fingerprint density at radius 3 is 2.53 bits per heavy atom. The molecule has 3 aliphatic heterocycles. The summed E-state index contributed by atoms with van der Waals surface area (Å²) in [5, 5.41) is 16.3. The van der Waals surface area contributed by atoms with Crippen molar-refractivity contribution in [2.75, 3.05) is 18.5 Å². The maximum atomic E-state index is 14.1. The van der Waals surface area contributed by atoms with Crippen molar-refractivity contribution >= 4 is 39.3 Å². The van der Waals surface area contributed by atoms with Gasteiger partial charge in [0.1, 0.15) is 17.4 Å². The standard InChI is InChI=1S/C28H38BrN3O6/c1-3-18(15-33)32-24(26(35)31-16-8-6-5-7-9-16)28-14-20(29)23(38-28)21(22(28)27(32)36)25(34)30-17-10-12-19(13-11-17)37-4-2/h10-13,16,18,20-24,33H,3-9,14-15H2,1-2H3,(H,30,34)(H,31,35)/t18-,20?,21-,22-,23-,24?,28?/m0/s1. The van der Waals surface area contributed by atoms with Gasteiger partial charge in [-0.05, 0) is 56.9 Å². The number of fused-ring (bicyclic) bond motifs is 1. The Morgan fingerprint density at radius 2 is 1.89 bits per heavy atom. The highest BCUT2D eigenvalue weighted by atomic mass is 79.9. The molecule has 9 nitrogen and oxygen atoms in total. The zero-order valence-electron chi connectivity index (χ0n) is 22.0. The molecule has 2 bridgehead atoms. The lowest BCUT2D eigenvalue weighted by Gasteiger charge is -2.37. The van der Waals surface area contributed by atoms with Crippen molar-refractivity contribution in [2.45, 2.75) is 93.5 Å². The van der Waals surface area contributed by atoms with Crippen LogP contribution < -0.4 is 15.4 Å². The highest BCUT2D eigenvalue weighted by molar-refractivity contribution is 9.09. The second kappa shape index (κ2) is 11.1. The van der Waals surface area contributed by atoms with Gasteiger partial charge in [0.2, 0.25) is 17.7 Å². The molecule has 3 unspecified atom stereocenters. The van der Waals surface area contributed by atoms with Gasteiger partial charge >= 0.3 is 0 Å². The summed E-state index contributed by atoms with van der Waals surface area (Å²) >= 11 is 3.70. The van der Waals surface area contributed by atoms with Crippen LogP contribution in [0.5, 0.6) is 5.75 Å². The van der Waals surface area contributed by atoms with Crippen molar-refractivity contribution in [2.24, 2.45) is 11.8 Å². The molecule has 3 heterocycles. The molecular weight excluding hydrogens is 554 g/mol. The second-order valence-corrected chi connectivity index (χ2v) is 12.1. The molecule has 7 atom stereocenters. The van der Waals surface area contributed by atoms with Crippen LogP contribution in [0.15, 0.2) is 24.3 Å². The number of ether oxygens (including phenoxy) is 2. The van der Waals surface area contributed by atoms with Crippen LogP contribution in [0.3, 0.4) is 0 Å². The van der Waals surface area contributed by atoms with Crippen molar-refractivity contribution in [1.29, 1.82) is 0 Å². The van der Waals surface area contributed by atoms with E-state index in [0.29, 0.717) is 30.9 Å². The van der Waals surface area contributed by atoms with Crippen LogP contribution in [0.25, 0.3) is 0 Å². The molecule has 10 heteroatoms. The normalized spacial score (nSPS) is 33.2. The van der Waals surface area contributed by atoms with Gasteiger partial charge in [-0.15, -0.1) is 0 Å². The van der Waals surface area contributed by atoms with Crippen molar-refractivity contribution in [3.63, 3.8) is 0 Å². The first kappa shape index (κ1) is 27.4. The summed E-state index contributed by atoms with van der Waals surface area (Å²) in [5.41, 5.74) is -0.532. The number of carbonyl (C=O) groups excluding carboxylic acids is 3. The summed E-state index contributed by atoms with van der Waals surface area (Å²) < 4.78 is 12.0. The third-order valence-electron chi connectivity index (χ3n) is 8.74. The number of carbonyl (C=O) groups is 3. The lowest BCUT2D eigenvalue weighted by molar-refractivity contribution is -0.145. The predicted molar refractivity (Wildman–Crippen MR) is 145 cm³/mol. The van der Waals surface area contributed by atoms with E-state index in [1.54, 1.807) is 24.3 Å². The van der Waals surface area contributed by atoms with Gasteiger partial charge in [-0.25, -0.2) is 0 Å². The van der Waals surface area contributed by atoms with E-state index in [9.17, 15) is 19.5 Å².